The van der Waals surface area contributed by atoms with Crippen LogP contribution in [0.2, 0.25) is 0 Å². The number of benzene rings is 2. The van der Waals surface area contributed by atoms with E-state index in [1.807, 2.05) is 30.3 Å². The number of hydrogen-bond donors (Lipinski definition) is 2. The largest absolute Gasteiger partial charge is 0.379 e. The molecule has 2 heterocycles. The molecule has 1 aliphatic rings. The maximum absolute atomic E-state index is 12.8. The molecule has 1 aliphatic heterocycles. The van der Waals surface area contributed by atoms with E-state index >= 15 is 0 Å². The van der Waals surface area contributed by atoms with Crippen molar-refractivity contribution < 1.29 is 17.9 Å². The van der Waals surface area contributed by atoms with Crippen LogP contribution in [0.15, 0.2) is 65.6 Å². The highest BCUT2D eigenvalue weighted by atomic mass is 32.2. The third kappa shape index (κ3) is 5.22. The summed E-state index contributed by atoms with van der Waals surface area (Å²) in [7, 11) is -3.80. The number of amides is 1. The van der Waals surface area contributed by atoms with E-state index in [4.69, 9.17) is 9.88 Å². The zero-order chi connectivity index (χ0) is 22.6. The molecule has 2 aromatic carbocycles. The minimum absolute atomic E-state index is 0.00995. The normalized spacial score (nSPS) is 14.9. The van der Waals surface area contributed by atoms with Gasteiger partial charge >= 0.3 is 0 Å². The number of nitrogens with zero attached hydrogens (tertiary/aromatic N) is 3. The van der Waals surface area contributed by atoms with Gasteiger partial charge in [0.15, 0.2) is 5.69 Å². The molecule has 0 atom stereocenters. The van der Waals surface area contributed by atoms with E-state index < -0.39 is 10.0 Å². The fourth-order valence-electron chi connectivity index (χ4n) is 3.52. The number of primary sulfonamides is 1. The molecule has 0 unspecified atom stereocenters. The van der Waals surface area contributed by atoms with Crippen LogP contribution in [-0.4, -0.2) is 68.4 Å². The van der Waals surface area contributed by atoms with Crippen LogP contribution >= 0.6 is 0 Å². The molecular formula is C22H25N5O4S. The summed E-state index contributed by atoms with van der Waals surface area (Å²) in [4.78, 5) is 15.0. The van der Waals surface area contributed by atoms with Gasteiger partial charge in [-0.2, -0.15) is 5.10 Å². The maximum atomic E-state index is 12.8. The number of nitrogens with one attached hydrogen (secondary N) is 1. The summed E-state index contributed by atoms with van der Waals surface area (Å²) in [6.07, 6.45) is 0. The van der Waals surface area contributed by atoms with Crippen molar-refractivity contribution in [2.45, 2.75) is 4.90 Å². The minimum Gasteiger partial charge on any atom is -0.379 e. The molecular weight excluding hydrogens is 430 g/mol. The standard InChI is InChI=1S/C22H25N5O4S/c23-32(29,30)19-8-6-18(7-9-19)27-21(17-4-2-1-3-5-17)16-20(25-27)22(28)24-10-11-26-12-14-31-15-13-26/h1-9,16H,10-15H2,(H,24,28)(H2,23,29,30). The number of ether oxygens (including phenoxy) is 1. The van der Waals surface area contributed by atoms with Gasteiger partial charge < -0.3 is 10.1 Å². The van der Waals surface area contributed by atoms with Crippen LogP contribution in [0.25, 0.3) is 16.9 Å². The van der Waals surface area contributed by atoms with Gasteiger partial charge in [-0.25, -0.2) is 18.2 Å². The summed E-state index contributed by atoms with van der Waals surface area (Å²) >= 11 is 0. The molecule has 0 radical (unpaired) electrons. The summed E-state index contributed by atoms with van der Waals surface area (Å²) in [5.74, 6) is -0.268. The second-order valence-electron chi connectivity index (χ2n) is 7.44. The van der Waals surface area contributed by atoms with Gasteiger partial charge in [0, 0.05) is 31.7 Å². The Balaban J connectivity index is 1.57. The molecule has 9 nitrogen and oxygen atoms in total. The van der Waals surface area contributed by atoms with Crippen molar-refractivity contribution in [2.24, 2.45) is 5.14 Å². The molecule has 4 rings (SSSR count). The summed E-state index contributed by atoms with van der Waals surface area (Å²) in [6.45, 7) is 4.40. The number of carbonyl (C=O) groups is 1. The van der Waals surface area contributed by atoms with E-state index in [0.717, 1.165) is 25.2 Å². The van der Waals surface area contributed by atoms with Crippen LogP contribution in [0.5, 0.6) is 0 Å². The Morgan fingerprint density at radius 1 is 1.06 bits per heavy atom. The van der Waals surface area contributed by atoms with Crippen molar-refractivity contribution in [1.29, 1.82) is 0 Å². The number of carbonyl (C=O) groups excluding carboxylic acids is 1. The van der Waals surface area contributed by atoms with Crippen LogP contribution in [0, 0.1) is 0 Å². The van der Waals surface area contributed by atoms with Gasteiger partial charge in [0.1, 0.15) is 0 Å². The number of sulfonamides is 1. The van der Waals surface area contributed by atoms with E-state index in [-0.39, 0.29) is 16.5 Å². The van der Waals surface area contributed by atoms with Crippen LogP contribution in [0.4, 0.5) is 0 Å². The average molecular weight is 456 g/mol. The lowest BCUT2D eigenvalue weighted by Crippen LogP contribution is -2.41. The fraction of sp³-hybridized carbons (Fsp3) is 0.273. The van der Waals surface area contributed by atoms with Crippen molar-refractivity contribution in [2.75, 3.05) is 39.4 Å². The second-order valence-corrected chi connectivity index (χ2v) is 9.00. The van der Waals surface area contributed by atoms with Gasteiger partial charge in [0.2, 0.25) is 10.0 Å². The average Bonchev–Trinajstić information content (AvgIpc) is 3.25. The zero-order valence-electron chi connectivity index (χ0n) is 17.5. The van der Waals surface area contributed by atoms with E-state index in [0.29, 0.717) is 31.1 Å². The van der Waals surface area contributed by atoms with Crippen molar-refractivity contribution >= 4 is 15.9 Å². The van der Waals surface area contributed by atoms with E-state index in [9.17, 15) is 13.2 Å². The maximum Gasteiger partial charge on any atom is 0.271 e. The van der Waals surface area contributed by atoms with Crippen molar-refractivity contribution in [3.63, 3.8) is 0 Å². The van der Waals surface area contributed by atoms with Crippen LogP contribution in [0.1, 0.15) is 10.5 Å². The predicted octanol–water partition coefficient (Wildman–Crippen LogP) is 1.25. The van der Waals surface area contributed by atoms with E-state index in [1.54, 1.807) is 22.9 Å². The smallest absolute Gasteiger partial charge is 0.271 e. The monoisotopic (exact) mass is 455 g/mol. The Hall–Kier alpha value is -3.05. The number of morpholine rings is 1. The highest BCUT2D eigenvalue weighted by molar-refractivity contribution is 7.89. The van der Waals surface area contributed by atoms with Crippen LogP contribution in [-0.2, 0) is 14.8 Å². The van der Waals surface area contributed by atoms with Crippen LogP contribution in [0.3, 0.4) is 0 Å². The first-order valence-corrected chi connectivity index (χ1v) is 11.8. The van der Waals surface area contributed by atoms with E-state index in [1.165, 1.54) is 12.1 Å². The molecule has 1 amide bonds. The molecule has 0 bridgehead atoms. The number of hydrogen-bond acceptors (Lipinski definition) is 6. The topological polar surface area (TPSA) is 120 Å². The fourth-order valence-corrected chi connectivity index (χ4v) is 4.04. The number of rotatable bonds is 7. The van der Waals surface area contributed by atoms with E-state index in [2.05, 4.69) is 15.3 Å². The first-order chi connectivity index (χ1) is 15.4. The van der Waals surface area contributed by atoms with Gasteiger partial charge in [-0.05, 0) is 30.3 Å². The second kappa shape index (κ2) is 9.61. The molecule has 3 N–H and O–H groups in total. The van der Waals surface area contributed by atoms with Gasteiger partial charge in [0.05, 0.1) is 29.5 Å². The lowest BCUT2D eigenvalue weighted by molar-refractivity contribution is 0.0383. The minimum atomic E-state index is -3.80. The Labute approximate surface area is 186 Å². The number of nitrogens with two attached hydrogens (primary N) is 1. The Kier molecular flexibility index (Phi) is 6.66. The first-order valence-electron chi connectivity index (χ1n) is 10.3. The third-order valence-electron chi connectivity index (χ3n) is 5.24. The first kappa shape index (κ1) is 22.2. The molecule has 0 aliphatic carbocycles. The SMILES string of the molecule is NS(=O)(=O)c1ccc(-n2nc(C(=O)NCCN3CCOCC3)cc2-c2ccccc2)cc1. The molecule has 1 saturated heterocycles. The summed E-state index contributed by atoms with van der Waals surface area (Å²) < 4.78 is 30.1. The molecule has 0 spiro atoms. The zero-order valence-corrected chi connectivity index (χ0v) is 18.3. The quantitative estimate of drug-likeness (QED) is 0.553. The lowest BCUT2D eigenvalue weighted by atomic mass is 10.1. The number of aromatic nitrogens is 2. The molecule has 168 valence electrons. The molecule has 0 saturated carbocycles. The summed E-state index contributed by atoms with van der Waals surface area (Å²) in [5, 5.41) is 12.6. The van der Waals surface area contributed by atoms with Crippen molar-refractivity contribution in [3.05, 3.63) is 66.4 Å². The van der Waals surface area contributed by atoms with Gasteiger partial charge in [0.25, 0.3) is 5.91 Å². The Bertz CT molecular complexity index is 1170. The Morgan fingerprint density at radius 3 is 2.41 bits per heavy atom. The molecule has 10 heteroatoms. The lowest BCUT2D eigenvalue weighted by Gasteiger charge is -2.26. The molecule has 1 fully saturated rings. The summed E-state index contributed by atoms with van der Waals surface area (Å²) in [6, 6.07) is 17.3. The Morgan fingerprint density at radius 2 is 1.75 bits per heavy atom. The molecule has 1 aromatic heterocycles. The summed E-state index contributed by atoms with van der Waals surface area (Å²) in [5.41, 5.74) is 2.49. The van der Waals surface area contributed by atoms with Gasteiger partial charge in [-0.3, -0.25) is 9.69 Å². The van der Waals surface area contributed by atoms with Gasteiger partial charge in [-0.1, -0.05) is 30.3 Å². The predicted molar refractivity (Wildman–Crippen MR) is 120 cm³/mol. The molecule has 3 aromatic rings. The van der Waals surface area contributed by atoms with Crippen LogP contribution < -0.4 is 10.5 Å². The molecule has 32 heavy (non-hydrogen) atoms. The van der Waals surface area contributed by atoms with Crippen molar-refractivity contribution in [3.8, 4) is 16.9 Å². The highest BCUT2D eigenvalue weighted by Crippen LogP contribution is 2.24. The highest BCUT2D eigenvalue weighted by Gasteiger charge is 2.18. The van der Waals surface area contributed by atoms with Gasteiger partial charge in [-0.15, -0.1) is 0 Å². The van der Waals surface area contributed by atoms with Crippen molar-refractivity contribution in [1.82, 2.24) is 20.0 Å². The third-order valence-corrected chi connectivity index (χ3v) is 6.17.